The predicted molar refractivity (Wildman–Crippen MR) is 49.6 cm³/mol. The topological polar surface area (TPSA) is 60.2 Å². The Balaban J connectivity index is 2.22. The number of rotatable bonds is 2. The van der Waals surface area contributed by atoms with E-state index in [4.69, 9.17) is 9.84 Å². The van der Waals surface area contributed by atoms with E-state index < -0.39 is 0 Å². The largest absolute Gasteiger partial charge is 0.388 e. The molecular weight excluding hydrogens is 182 g/mol. The number of hydrogen-bond acceptors (Lipinski definition) is 4. The Morgan fingerprint density at radius 2 is 2.43 bits per heavy atom. The summed E-state index contributed by atoms with van der Waals surface area (Å²) in [6.07, 6.45) is 3.04. The van der Waals surface area contributed by atoms with E-state index in [2.05, 4.69) is 17.1 Å². The van der Waals surface area contributed by atoms with Crippen molar-refractivity contribution < 1.29 is 9.84 Å². The van der Waals surface area contributed by atoms with Gasteiger partial charge in [0.2, 0.25) is 0 Å². The highest BCUT2D eigenvalue weighted by Gasteiger charge is 2.32. The highest BCUT2D eigenvalue weighted by molar-refractivity contribution is 4.92. The van der Waals surface area contributed by atoms with Gasteiger partial charge in [-0.05, 0) is 20.3 Å². The molecule has 5 nitrogen and oxygen atoms in total. The third kappa shape index (κ3) is 1.53. The first kappa shape index (κ1) is 9.61. The average molecular weight is 197 g/mol. The van der Waals surface area contributed by atoms with Crippen LogP contribution in [0.2, 0.25) is 0 Å². The molecular formula is C9H15N3O2. The summed E-state index contributed by atoms with van der Waals surface area (Å²) in [6, 6.07) is 0.252. The van der Waals surface area contributed by atoms with Gasteiger partial charge in [-0.2, -0.15) is 0 Å². The van der Waals surface area contributed by atoms with E-state index in [0.29, 0.717) is 5.82 Å². The zero-order chi connectivity index (χ0) is 10.1. The number of aromatic nitrogens is 3. The molecule has 3 atom stereocenters. The van der Waals surface area contributed by atoms with Gasteiger partial charge in [-0.1, -0.05) is 0 Å². The van der Waals surface area contributed by atoms with E-state index in [0.717, 1.165) is 6.42 Å². The monoisotopic (exact) mass is 197 g/mol. The normalized spacial score (nSPS) is 32.4. The Hall–Kier alpha value is -0.940. The van der Waals surface area contributed by atoms with Gasteiger partial charge in [-0.3, -0.25) is 0 Å². The second-order valence-electron chi connectivity index (χ2n) is 3.77. The highest BCUT2D eigenvalue weighted by atomic mass is 16.5. The number of aliphatic hydroxyl groups excluding tert-OH is 1. The van der Waals surface area contributed by atoms with Crippen LogP contribution in [-0.2, 0) is 11.3 Å². The lowest BCUT2D eigenvalue weighted by Crippen LogP contribution is -2.18. The minimum absolute atomic E-state index is 0.0718. The quantitative estimate of drug-likeness (QED) is 0.750. The Morgan fingerprint density at radius 3 is 3.00 bits per heavy atom. The molecule has 1 fully saturated rings. The smallest absolute Gasteiger partial charge is 0.158 e. The van der Waals surface area contributed by atoms with Gasteiger partial charge in [-0.15, -0.1) is 10.2 Å². The fourth-order valence-corrected chi connectivity index (χ4v) is 2.04. The third-order valence-electron chi connectivity index (χ3n) is 2.71. The standard InChI is InChI=1S/C9H15N3O2/c1-6-3-8(7(2)14-6)12-5-10-11-9(12)4-13/h5-8,13H,3-4H2,1-2H3. The fourth-order valence-electron chi connectivity index (χ4n) is 2.04. The molecule has 1 aliphatic rings. The summed E-state index contributed by atoms with van der Waals surface area (Å²) in [6.45, 7) is 4.02. The molecule has 0 amide bonds. The molecule has 78 valence electrons. The van der Waals surface area contributed by atoms with Crippen LogP contribution in [0.4, 0.5) is 0 Å². The van der Waals surface area contributed by atoms with Crippen molar-refractivity contribution in [3.05, 3.63) is 12.2 Å². The zero-order valence-electron chi connectivity index (χ0n) is 8.42. The third-order valence-corrected chi connectivity index (χ3v) is 2.71. The van der Waals surface area contributed by atoms with Crippen molar-refractivity contribution in [3.63, 3.8) is 0 Å². The molecule has 2 rings (SSSR count). The van der Waals surface area contributed by atoms with Gasteiger partial charge >= 0.3 is 0 Å². The lowest BCUT2D eigenvalue weighted by atomic mass is 10.1. The summed E-state index contributed by atoms with van der Waals surface area (Å²) in [5, 5.41) is 16.7. The van der Waals surface area contributed by atoms with Gasteiger partial charge in [0.1, 0.15) is 12.9 Å². The highest BCUT2D eigenvalue weighted by Crippen LogP contribution is 2.30. The Kier molecular flexibility index (Phi) is 2.52. The predicted octanol–water partition coefficient (Wildman–Crippen LogP) is 0.509. The Morgan fingerprint density at radius 1 is 1.64 bits per heavy atom. The van der Waals surface area contributed by atoms with Gasteiger partial charge in [0.25, 0.3) is 0 Å². The van der Waals surface area contributed by atoms with Crippen LogP contribution in [-0.4, -0.2) is 32.1 Å². The average Bonchev–Trinajstić information content (AvgIpc) is 2.71. The SMILES string of the molecule is CC1CC(n2cnnc2CO)C(C)O1. The van der Waals surface area contributed by atoms with Crippen LogP contribution in [0.25, 0.3) is 0 Å². The summed E-state index contributed by atoms with van der Waals surface area (Å²) in [5.41, 5.74) is 0. The van der Waals surface area contributed by atoms with Crippen LogP contribution in [0.15, 0.2) is 6.33 Å². The molecule has 0 saturated carbocycles. The second kappa shape index (κ2) is 3.67. The van der Waals surface area contributed by atoms with Gasteiger partial charge < -0.3 is 14.4 Å². The van der Waals surface area contributed by atoms with Crippen molar-refractivity contribution in [2.75, 3.05) is 0 Å². The first-order valence-electron chi connectivity index (χ1n) is 4.87. The minimum atomic E-state index is -0.0718. The van der Waals surface area contributed by atoms with Crippen LogP contribution in [0, 0.1) is 0 Å². The van der Waals surface area contributed by atoms with Gasteiger partial charge in [0.15, 0.2) is 5.82 Å². The number of hydrogen-bond donors (Lipinski definition) is 1. The molecule has 0 bridgehead atoms. The summed E-state index contributed by atoms with van der Waals surface area (Å²) in [7, 11) is 0. The number of nitrogens with zero attached hydrogens (tertiary/aromatic N) is 3. The lowest BCUT2D eigenvalue weighted by molar-refractivity contribution is 0.0566. The van der Waals surface area contributed by atoms with E-state index in [1.807, 2.05) is 11.5 Å². The molecule has 0 aliphatic carbocycles. The van der Waals surface area contributed by atoms with E-state index in [1.165, 1.54) is 0 Å². The summed E-state index contributed by atoms with van der Waals surface area (Å²) < 4.78 is 7.55. The molecule has 5 heteroatoms. The van der Waals surface area contributed by atoms with Crippen LogP contribution in [0.5, 0.6) is 0 Å². The zero-order valence-corrected chi connectivity index (χ0v) is 8.42. The number of aliphatic hydroxyl groups is 1. The molecule has 1 saturated heterocycles. The molecule has 0 spiro atoms. The minimum Gasteiger partial charge on any atom is -0.388 e. The molecule has 2 heterocycles. The molecule has 1 aliphatic heterocycles. The van der Waals surface area contributed by atoms with Gasteiger partial charge in [0, 0.05) is 0 Å². The first-order chi connectivity index (χ1) is 6.72. The van der Waals surface area contributed by atoms with Gasteiger partial charge in [-0.25, -0.2) is 0 Å². The Labute approximate surface area is 82.7 Å². The van der Waals surface area contributed by atoms with E-state index in [-0.39, 0.29) is 24.9 Å². The van der Waals surface area contributed by atoms with E-state index >= 15 is 0 Å². The Bertz CT molecular complexity index is 313. The molecule has 1 N–H and O–H groups in total. The maximum absolute atomic E-state index is 9.06. The van der Waals surface area contributed by atoms with Crippen molar-refractivity contribution in [1.82, 2.24) is 14.8 Å². The van der Waals surface area contributed by atoms with Crippen LogP contribution in [0.1, 0.15) is 32.1 Å². The van der Waals surface area contributed by atoms with Gasteiger partial charge in [0.05, 0.1) is 18.2 Å². The van der Waals surface area contributed by atoms with Crippen LogP contribution >= 0.6 is 0 Å². The number of ether oxygens (including phenoxy) is 1. The molecule has 1 aromatic heterocycles. The molecule has 0 aromatic carbocycles. The molecule has 1 aromatic rings. The summed E-state index contributed by atoms with van der Waals surface area (Å²) in [4.78, 5) is 0. The maximum Gasteiger partial charge on any atom is 0.158 e. The maximum atomic E-state index is 9.06. The second-order valence-corrected chi connectivity index (χ2v) is 3.77. The van der Waals surface area contributed by atoms with Crippen LogP contribution in [0.3, 0.4) is 0 Å². The summed E-state index contributed by atoms with van der Waals surface area (Å²) in [5.74, 6) is 0.611. The molecule has 0 radical (unpaired) electrons. The first-order valence-corrected chi connectivity index (χ1v) is 4.87. The van der Waals surface area contributed by atoms with Crippen molar-refractivity contribution in [2.24, 2.45) is 0 Å². The summed E-state index contributed by atoms with van der Waals surface area (Å²) >= 11 is 0. The van der Waals surface area contributed by atoms with Crippen molar-refractivity contribution in [1.29, 1.82) is 0 Å². The molecule has 3 unspecified atom stereocenters. The molecule has 14 heavy (non-hydrogen) atoms. The van der Waals surface area contributed by atoms with Crippen LogP contribution < -0.4 is 0 Å². The lowest BCUT2D eigenvalue weighted by Gasteiger charge is -2.16. The van der Waals surface area contributed by atoms with Crippen molar-refractivity contribution in [3.8, 4) is 0 Å². The van der Waals surface area contributed by atoms with E-state index in [1.54, 1.807) is 6.33 Å². The fraction of sp³-hybridized carbons (Fsp3) is 0.778. The van der Waals surface area contributed by atoms with Crippen molar-refractivity contribution in [2.45, 2.75) is 45.1 Å². The van der Waals surface area contributed by atoms with E-state index in [9.17, 15) is 0 Å². The van der Waals surface area contributed by atoms with Crippen molar-refractivity contribution >= 4 is 0 Å².